The van der Waals surface area contributed by atoms with Crippen LogP contribution in [0, 0.1) is 5.41 Å². The fourth-order valence-corrected chi connectivity index (χ4v) is 2.02. The van der Waals surface area contributed by atoms with Gasteiger partial charge in [-0.3, -0.25) is 0 Å². The van der Waals surface area contributed by atoms with Gasteiger partial charge in [-0.05, 0) is 17.9 Å². The van der Waals surface area contributed by atoms with Crippen LogP contribution in [0.5, 0.6) is 0 Å². The van der Waals surface area contributed by atoms with Crippen LogP contribution in [-0.4, -0.2) is 30.4 Å². The Bertz CT molecular complexity index is 554. The average molecular weight is 270 g/mol. The SMILES string of the molecule is C=CC(C)(CCC)Cc1nnc(-c2ncccn2)nn1. The molecule has 6 heteroatoms. The molecule has 0 amide bonds. The van der Waals surface area contributed by atoms with Gasteiger partial charge >= 0.3 is 0 Å². The van der Waals surface area contributed by atoms with Crippen molar-refractivity contribution in [1.29, 1.82) is 0 Å². The molecule has 0 N–H and O–H groups in total. The molecule has 2 rings (SSSR count). The van der Waals surface area contributed by atoms with Crippen LogP contribution < -0.4 is 0 Å². The summed E-state index contributed by atoms with van der Waals surface area (Å²) in [6.45, 7) is 8.18. The molecule has 2 aromatic rings. The van der Waals surface area contributed by atoms with Crippen LogP contribution in [0.25, 0.3) is 11.6 Å². The van der Waals surface area contributed by atoms with Gasteiger partial charge in [-0.1, -0.05) is 26.3 Å². The van der Waals surface area contributed by atoms with Gasteiger partial charge < -0.3 is 0 Å². The second-order valence-electron chi connectivity index (χ2n) is 5.00. The lowest BCUT2D eigenvalue weighted by Gasteiger charge is -2.23. The van der Waals surface area contributed by atoms with Gasteiger partial charge in [0.15, 0.2) is 5.82 Å². The lowest BCUT2D eigenvalue weighted by Crippen LogP contribution is -2.19. The number of rotatable bonds is 6. The molecule has 104 valence electrons. The normalized spacial score (nSPS) is 13.7. The molecule has 1 atom stereocenters. The third-order valence-electron chi connectivity index (χ3n) is 3.16. The standard InChI is InChI=1S/C14H18N6/c1-4-7-14(3,5-2)10-11-17-19-13(20-18-11)12-15-8-6-9-16-12/h5-6,8-9H,2,4,7,10H2,1,3H3. The van der Waals surface area contributed by atoms with Crippen molar-refractivity contribution in [1.82, 2.24) is 30.4 Å². The van der Waals surface area contributed by atoms with Crippen LogP contribution in [0.15, 0.2) is 31.1 Å². The lowest BCUT2D eigenvalue weighted by atomic mass is 9.82. The second-order valence-corrected chi connectivity index (χ2v) is 5.00. The maximum Gasteiger partial charge on any atom is 0.240 e. The third kappa shape index (κ3) is 3.40. The number of aromatic nitrogens is 6. The molecular weight excluding hydrogens is 252 g/mol. The first-order valence-electron chi connectivity index (χ1n) is 6.64. The van der Waals surface area contributed by atoms with Crippen molar-refractivity contribution in [3.8, 4) is 11.6 Å². The van der Waals surface area contributed by atoms with Crippen molar-refractivity contribution in [3.63, 3.8) is 0 Å². The van der Waals surface area contributed by atoms with E-state index in [2.05, 4.69) is 50.8 Å². The minimum atomic E-state index is -0.0249. The molecule has 6 nitrogen and oxygen atoms in total. The first-order valence-corrected chi connectivity index (χ1v) is 6.64. The Kier molecular flexibility index (Phi) is 4.45. The Labute approximate surface area is 118 Å². The predicted octanol–water partition coefficient (Wildman–Crippen LogP) is 2.26. The van der Waals surface area contributed by atoms with E-state index in [1.54, 1.807) is 18.5 Å². The summed E-state index contributed by atoms with van der Waals surface area (Å²) in [4.78, 5) is 8.13. The van der Waals surface area contributed by atoms with Gasteiger partial charge in [0.25, 0.3) is 0 Å². The highest BCUT2D eigenvalue weighted by Gasteiger charge is 2.22. The maximum absolute atomic E-state index is 4.12. The van der Waals surface area contributed by atoms with Crippen LogP contribution in [0.2, 0.25) is 0 Å². The zero-order valence-electron chi connectivity index (χ0n) is 11.8. The van der Waals surface area contributed by atoms with E-state index in [4.69, 9.17) is 0 Å². The van der Waals surface area contributed by atoms with Gasteiger partial charge in [0.05, 0.1) is 0 Å². The molecule has 2 heterocycles. The largest absolute Gasteiger partial charge is 0.240 e. The third-order valence-corrected chi connectivity index (χ3v) is 3.16. The second kappa shape index (κ2) is 6.27. The lowest BCUT2D eigenvalue weighted by molar-refractivity contribution is 0.372. The Hall–Kier alpha value is -2.24. The van der Waals surface area contributed by atoms with E-state index >= 15 is 0 Å². The van der Waals surface area contributed by atoms with E-state index in [1.807, 2.05) is 6.08 Å². The van der Waals surface area contributed by atoms with E-state index in [0.29, 0.717) is 23.9 Å². The molecule has 0 aliphatic rings. The summed E-state index contributed by atoms with van der Waals surface area (Å²) in [5, 5.41) is 16.3. The van der Waals surface area contributed by atoms with Crippen LogP contribution in [0.1, 0.15) is 32.5 Å². The summed E-state index contributed by atoms with van der Waals surface area (Å²) in [5.41, 5.74) is -0.0249. The molecule has 0 aromatic carbocycles. The molecule has 0 saturated heterocycles. The van der Waals surface area contributed by atoms with Crippen molar-refractivity contribution in [2.45, 2.75) is 33.1 Å². The van der Waals surface area contributed by atoms with Crippen molar-refractivity contribution in [3.05, 3.63) is 36.9 Å². The Balaban J connectivity index is 2.14. The van der Waals surface area contributed by atoms with Crippen LogP contribution in [-0.2, 0) is 6.42 Å². The molecule has 0 spiro atoms. The zero-order chi connectivity index (χ0) is 14.4. The first kappa shape index (κ1) is 14.2. The van der Waals surface area contributed by atoms with E-state index < -0.39 is 0 Å². The number of hydrogen-bond donors (Lipinski definition) is 0. The highest BCUT2D eigenvalue weighted by Crippen LogP contribution is 2.27. The van der Waals surface area contributed by atoms with Crippen molar-refractivity contribution >= 4 is 0 Å². The molecule has 0 fully saturated rings. The van der Waals surface area contributed by atoms with Gasteiger partial charge in [0.2, 0.25) is 11.6 Å². The van der Waals surface area contributed by atoms with E-state index in [0.717, 1.165) is 12.8 Å². The van der Waals surface area contributed by atoms with Gasteiger partial charge in [0, 0.05) is 18.8 Å². The molecular formula is C14H18N6. The zero-order valence-corrected chi connectivity index (χ0v) is 11.8. The number of allylic oxidation sites excluding steroid dienone is 1. The van der Waals surface area contributed by atoms with Crippen molar-refractivity contribution in [2.24, 2.45) is 5.41 Å². The van der Waals surface area contributed by atoms with E-state index in [-0.39, 0.29) is 5.41 Å². The summed E-state index contributed by atoms with van der Waals surface area (Å²) < 4.78 is 0. The maximum atomic E-state index is 4.12. The Morgan fingerprint density at radius 2 is 1.75 bits per heavy atom. The number of hydrogen-bond acceptors (Lipinski definition) is 6. The van der Waals surface area contributed by atoms with Crippen molar-refractivity contribution < 1.29 is 0 Å². The van der Waals surface area contributed by atoms with Gasteiger partial charge in [-0.2, -0.15) is 0 Å². The quantitative estimate of drug-likeness (QED) is 0.749. The summed E-state index contributed by atoms with van der Waals surface area (Å²) in [6.07, 6.45) is 8.02. The minimum absolute atomic E-state index is 0.0249. The van der Waals surface area contributed by atoms with E-state index in [1.165, 1.54) is 0 Å². The molecule has 0 aliphatic carbocycles. The minimum Gasteiger partial charge on any atom is -0.234 e. The summed E-state index contributed by atoms with van der Waals surface area (Å²) in [5.74, 6) is 1.38. The molecule has 2 aromatic heterocycles. The van der Waals surface area contributed by atoms with Crippen LogP contribution >= 0.6 is 0 Å². The first-order chi connectivity index (χ1) is 9.67. The fraction of sp³-hybridized carbons (Fsp3) is 0.429. The molecule has 0 saturated carbocycles. The number of nitrogens with zero attached hydrogens (tertiary/aromatic N) is 6. The molecule has 0 aliphatic heterocycles. The summed E-state index contributed by atoms with van der Waals surface area (Å²) in [7, 11) is 0. The fourth-order valence-electron chi connectivity index (χ4n) is 2.02. The molecule has 1 unspecified atom stereocenters. The van der Waals surface area contributed by atoms with Crippen molar-refractivity contribution in [2.75, 3.05) is 0 Å². The Morgan fingerprint density at radius 3 is 2.30 bits per heavy atom. The monoisotopic (exact) mass is 270 g/mol. The van der Waals surface area contributed by atoms with Crippen LogP contribution in [0.4, 0.5) is 0 Å². The topological polar surface area (TPSA) is 77.3 Å². The van der Waals surface area contributed by atoms with Crippen LogP contribution in [0.3, 0.4) is 0 Å². The summed E-state index contributed by atoms with van der Waals surface area (Å²) >= 11 is 0. The average Bonchev–Trinajstić information content (AvgIpc) is 2.49. The summed E-state index contributed by atoms with van der Waals surface area (Å²) in [6, 6.07) is 1.74. The highest BCUT2D eigenvalue weighted by atomic mass is 15.3. The highest BCUT2D eigenvalue weighted by molar-refractivity contribution is 5.39. The van der Waals surface area contributed by atoms with E-state index in [9.17, 15) is 0 Å². The molecule has 0 radical (unpaired) electrons. The van der Waals surface area contributed by atoms with Gasteiger partial charge in [-0.15, -0.1) is 27.0 Å². The van der Waals surface area contributed by atoms with Gasteiger partial charge in [0.1, 0.15) is 0 Å². The smallest absolute Gasteiger partial charge is 0.234 e. The Morgan fingerprint density at radius 1 is 1.10 bits per heavy atom. The predicted molar refractivity (Wildman–Crippen MR) is 75.6 cm³/mol. The molecule has 20 heavy (non-hydrogen) atoms. The molecule has 0 bridgehead atoms. The van der Waals surface area contributed by atoms with Gasteiger partial charge in [-0.25, -0.2) is 9.97 Å².